The van der Waals surface area contributed by atoms with Crippen LogP contribution in [0.2, 0.25) is 0 Å². The minimum absolute atomic E-state index is 0.267. The smallest absolute Gasteiger partial charge is 0.143 e. The lowest BCUT2D eigenvalue weighted by Gasteiger charge is -2.12. The largest absolute Gasteiger partial charge is 0.506 e. The molecule has 0 spiro atoms. The summed E-state index contributed by atoms with van der Waals surface area (Å²) in [6.07, 6.45) is 4.09. The Morgan fingerprint density at radius 1 is 1.28 bits per heavy atom. The molecule has 0 saturated heterocycles. The van der Waals surface area contributed by atoms with E-state index in [1.165, 1.54) is 24.8 Å². The van der Waals surface area contributed by atoms with Crippen molar-refractivity contribution in [3.8, 4) is 5.75 Å². The summed E-state index contributed by atoms with van der Waals surface area (Å²) in [5, 5.41) is 13.2. The molecule has 1 aromatic carbocycles. The summed E-state index contributed by atoms with van der Waals surface area (Å²) in [5.41, 5.74) is 1.18. The number of halogens is 2. The maximum atomic E-state index is 9.64. The molecule has 0 amide bonds. The molecule has 1 saturated carbocycles. The minimum atomic E-state index is 0.267. The fourth-order valence-corrected chi connectivity index (χ4v) is 3.93. The molecule has 0 heterocycles. The standard InChI is InChI=1S/C14H19Br2NO/c1-9-2-3-10(4-9)7-17-8-11-5-12(15)14(18)13(16)6-11/h5-6,9-10,17-18H,2-4,7-8H2,1H3. The van der Waals surface area contributed by atoms with Gasteiger partial charge in [0.15, 0.2) is 0 Å². The van der Waals surface area contributed by atoms with Crippen LogP contribution in [0.25, 0.3) is 0 Å². The van der Waals surface area contributed by atoms with E-state index in [1.807, 2.05) is 12.1 Å². The number of aromatic hydroxyl groups is 1. The normalized spacial score (nSPS) is 23.5. The molecule has 4 heteroatoms. The van der Waals surface area contributed by atoms with Gasteiger partial charge in [-0.1, -0.05) is 13.3 Å². The fourth-order valence-electron chi connectivity index (χ4n) is 2.65. The van der Waals surface area contributed by atoms with Gasteiger partial charge in [-0.05, 0) is 80.8 Å². The second-order valence-electron chi connectivity index (χ2n) is 5.32. The van der Waals surface area contributed by atoms with Crippen molar-refractivity contribution in [2.24, 2.45) is 11.8 Å². The first kappa shape index (κ1) is 14.4. The van der Waals surface area contributed by atoms with Crippen LogP contribution in [0.1, 0.15) is 31.7 Å². The zero-order valence-electron chi connectivity index (χ0n) is 10.5. The number of phenolic OH excluding ortho intramolecular Hbond substituents is 1. The summed E-state index contributed by atoms with van der Waals surface area (Å²) in [5.74, 6) is 2.00. The zero-order chi connectivity index (χ0) is 13.1. The average molecular weight is 377 g/mol. The number of rotatable bonds is 4. The Bertz CT molecular complexity index is 399. The van der Waals surface area contributed by atoms with Crippen molar-refractivity contribution in [2.75, 3.05) is 6.54 Å². The van der Waals surface area contributed by atoms with Gasteiger partial charge in [0.1, 0.15) is 5.75 Å². The molecule has 1 fully saturated rings. The first-order valence-corrected chi connectivity index (χ1v) is 8.02. The van der Waals surface area contributed by atoms with Gasteiger partial charge >= 0.3 is 0 Å². The molecule has 100 valence electrons. The molecule has 2 unspecified atom stereocenters. The van der Waals surface area contributed by atoms with Gasteiger partial charge in [0.25, 0.3) is 0 Å². The third-order valence-electron chi connectivity index (χ3n) is 3.64. The van der Waals surface area contributed by atoms with Gasteiger partial charge in [-0.3, -0.25) is 0 Å². The van der Waals surface area contributed by atoms with Crippen molar-refractivity contribution in [1.82, 2.24) is 5.32 Å². The Kier molecular flexibility index (Phi) is 5.10. The highest BCUT2D eigenvalue weighted by Crippen LogP contribution is 2.33. The van der Waals surface area contributed by atoms with E-state index in [0.29, 0.717) is 0 Å². The molecule has 18 heavy (non-hydrogen) atoms. The summed E-state index contributed by atoms with van der Waals surface area (Å²) in [7, 11) is 0. The lowest BCUT2D eigenvalue weighted by Crippen LogP contribution is -2.21. The first-order chi connectivity index (χ1) is 8.56. The van der Waals surface area contributed by atoms with E-state index < -0.39 is 0 Å². The minimum Gasteiger partial charge on any atom is -0.506 e. The van der Waals surface area contributed by atoms with E-state index in [2.05, 4.69) is 44.1 Å². The van der Waals surface area contributed by atoms with Crippen molar-refractivity contribution in [3.63, 3.8) is 0 Å². The van der Waals surface area contributed by atoms with Gasteiger partial charge in [0, 0.05) is 6.54 Å². The quantitative estimate of drug-likeness (QED) is 0.813. The van der Waals surface area contributed by atoms with Crippen LogP contribution in [-0.4, -0.2) is 11.7 Å². The fraction of sp³-hybridized carbons (Fsp3) is 0.571. The average Bonchev–Trinajstić information content (AvgIpc) is 2.72. The van der Waals surface area contributed by atoms with Crippen LogP contribution < -0.4 is 5.32 Å². The van der Waals surface area contributed by atoms with Crippen molar-refractivity contribution in [2.45, 2.75) is 32.7 Å². The Labute approximate surface area is 125 Å². The van der Waals surface area contributed by atoms with E-state index in [4.69, 9.17) is 0 Å². The highest BCUT2D eigenvalue weighted by atomic mass is 79.9. The topological polar surface area (TPSA) is 32.3 Å². The molecule has 1 aliphatic carbocycles. The van der Waals surface area contributed by atoms with Gasteiger partial charge < -0.3 is 10.4 Å². The van der Waals surface area contributed by atoms with Crippen LogP contribution in [0, 0.1) is 11.8 Å². The molecular formula is C14H19Br2NO. The van der Waals surface area contributed by atoms with Crippen molar-refractivity contribution >= 4 is 31.9 Å². The third kappa shape index (κ3) is 3.72. The second-order valence-corrected chi connectivity index (χ2v) is 7.03. The molecule has 2 nitrogen and oxygen atoms in total. The predicted octanol–water partition coefficient (Wildman–Crippen LogP) is 4.44. The summed E-state index contributed by atoms with van der Waals surface area (Å²) < 4.78 is 1.48. The number of nitrogens with one attached hydrogen (secondary N) is 1. The van der Waals surface area contributed by atoms with Crippen LogP contribution in [-0.2, 0) is 6.54 Å². The van der Waals surface area contributed by atoms with Gasteiger partial charge in [0.05, 0.1) is 8.95 Å². The highest BCUT2D eigenvalue weighted by molar-refractivity contribution is 9.11. The van der Waals surface area contributed by atoms with Gasteiger partial charge in [-0.2, -0.15) is 0 Å². The van der Waals surface area contributed by atoms with Crippen molar-refractivity contribution < 1.29 is 5.11 Å². The van der Waals surface area contributed by atoms with Crippen molar-refractivity contribution in [1.29, 1.82) is 0 Å². The predicted molar refractivity (Wildman–Crippen MR) is 81.7 cm³/mol. The zero-order valence-corrected chi connectivity index (χ0v) is 13.7. The third-order valence-corrected chi connectivity index (χ3v) is 4.85. The van der Waals surface area contributed by atoms with Crippen LogP contribution in [0.4, 0.5) is 0 Å². The molecule has 2 rings (SSSR count). The van der Waals surface area contributed by atoms with Crippen LogP contribution in [0.5, 0.6) is 5.75 Å². The maximum absolute atomic E-state index is 9.64. The van der Waals surface area contributed by atoms with E-state index in [0.717, 1.165) is 33.9 Å². The van der Waals surface area contributed by atoms with E-state index in [9.17, 15) is 5.11 Å². The SMILES string of the molecule is CC1CCC(CNCc2cc(Br)c(O)c(Br)c2)C1. The molecule has 0 aromatic heterocycles. The Morgan fingerprint density at radius 2 is 1.94 bits per heavy atom. The Balaban J connectivity index is 1.83. The number of phenols is 1. The summed E-state index contributed by atoms with van der Waals surface area (Å²) in [6, 6.07) is 3.93. The van der Waals surface area contributed by atoms with Gasteiger partial charge in [-0.15, -0.1) is 0 Å². The van der Waals surface area contributed by atoms with Crippen LogP contribution >= 0.6 is 31.9 Å². The van der Waals surface area contributed by atoms with Crippen LogP contribution in [0.15, 0.2) is 21.1 Å². The highest BCUT2D eigenvalue weighted by Gasteiger charge is 2.20. The lowest BCUT2D eigenvalue weighted by atomic mass is 10.1. The second kappa shape index (κ2) is 6.40. The van der Waals surface area contributed by atoms with E-state index >= 15 is 0 Å². The summed E-state index contributed by atoms with van der Waals surface area (Å²) >= 11 is 6.71. The molecule has 2 atom stereocenters. The van der Waals surface area contributed by atoms with Crippen LogP contribution in [0.3, 0.4) is 0 Å². The monoisotopic (exact) mass is 375 g/mol. The van der Waals surface area contributed by atoms with Crippen molar-refractivity contribution in [3.05, 3.63) is 26.6 Å². The molecule has 0 radical (unpaired) electrons. The first-order valence-electron chi connectivity index (χ1n) is 6.44. The van der Waals surface area contributed by atoms with Gasteiger partial charge in [0.2, 0.25) is 0 Å². The molecule has 0 bridgehead atoms. The number of hydrogen-bond acceptors (Lipinski definition) is 2. The van der Waals surface area contributed by atoms with Gasteiger partial charge in [-0.25, -0.2) is 0 Å². The molecular weight excluding hydrogens is 358 g/mol. The molecule has 1 aliphatic rings. The molecule has 2 N–H and O–H groups in total. The molecule has 0 aliphatic heterocycles. The Morgan fingerprint density at radius 3 is 2.50 bits per heavy atom. The Hall–Kier alpha value is -0.0600. The summed E-state index contributed by atoms with van der Waals surface area (Å²) in [4.78, 5) is 0. The van der Waals surface area contributed by atoms with E-state index in [-0.39, 0.29) is 5.75 Å². The number of benzene rings is 1. The molecule has 1 aromatic rings. The lowest BCUT2D eigenvalue weighted by molar-refractivity contribution is 0.464. The number of hydrogen-bond donors (Lipinski definition) is 2. The maximum Gasteiger partial charge on any atom is 0.143 e. The summed E-state index contributed by atoms with van der Waals surface area (Å²) in [6.45, 7) is 4.29. The van der Waals surface area contributed by atoms with E-state index in [1.54, 1.807) is 0 Å².